The van der Waals surface area contributed by atoms with Crippen LogP contribution in [-0.4, -0.2) is 18.7 Å². The first-order valence-corrected chi connectivity index (χ1v) is 8.66. The lowest BCUT2D eigenvalue weighted by atomic mass is 10.2. The smallest absolute Gasteiger partial charge is 0.383 e. The molecular formula is C20H24O6. The topological polar surface area (TPSA) is 75.0 Å². The molecule has 0 amide bonds. The molecule has 26 heavy (non-hydrogen) atoms. The predicted molar refractivity (Wildman–Crippen MR) is 99.1 cm³/mol. The molecule has 2 rings (SSSR count). The number of hydrogen-bond acceptors (Lipinski definition) is 6. The van der Waals surface area contributed by atoms with Crippen molar-refractivity contribution in [2.75, 3.05) is 6.61 Å². The summed E-state index contributed by atoms with van der Waals surface area (Å²) in [6, 6.07) is 5.22. The van der Waals surface area contributed by atoms with Crippen LogP contribution in [0.2, 0.25) is 0 Å². The van der Waals surface area contributed by atoms with Crippen molar-refractivity contribution in [2.24, 2.45) is 0 Å². The summed E-state index contributed by atoms with van der Waals surface area (Å²) < 4.78 is 21.9. The molecule has 0 saturated carbocycles. The van der Waals surface area contributed by atoms with Gasteiger partial charge in [-0.1, -0.05) is 25.1 Å². The van der Waals surface area contributed by atoms with Crippen molar-refractivity contribution in [1.82, 2.24) is 0 Å². The lowest BCUT2D eigenvalue weighted by Crippen LogP contribution is -2.16. The van der Waals surface area contributed by atoms with Crippen LogP contribution in [0, 0.1) is 0 Å². The van der Waals surface area contributed by atoms with Crippen LogP contribution in [0.1, 0.15) is 40.5 Å². The summed E-state index contributed by atoms with van der Waals surface area (Å²) >= 11 is 0. The van der Waals surface area contributed by atoms with Crippen molar-refractivity contribution < 1.29 is 23.4 Å². The van der Waals surface area contributed by atoms with Gasteiger partial charge in [-0.25, -0.2) is 4.79 Å². The van der Waals surface area contributed by atoms with Gasteiger partial charge in [0.2, 0.25) is 0 Å². The number of para-hydroxylation sites is 1. The Labute approximate surface area is 152 Å². The van der Waals surface area contributed by atoms with Crippen LogP contribution < -0.4 is 19.8 Å². The summed E-state index contributed by atoms with van der Waals surface area (Å²) in [5.74, 6) is -0.257. The molecule has 1 aromatic carbocycles. The molecule has 1 heterocycles. The molecule has 6 heteroatoms. The highest BCUT2D eigenvalue weighted by Gasteiger charge is 2.22. The number of rotatable bonds is 8. The van der Waals surface area contributed by atoms with E-state index in [0.717, 1.165) is 12.8 Å². The van der Waals surface area contributed by atoms with Crippen molar-refractivity contribution in [1.29, 1.82) is 0 Å². The first-order chi connectivity index (χ1) is 12.4. The van der Waals surface area contributed by atoms with Gasteiger partial charge in [-0.15, -0.1) is 0 Å². The summed E-state index contributed by atoms with van der Waals surface area (Å²) in [6.45, 7) is 7.36. The van der Waals surface area contributed by atoms with Gasteiger partial charge in [0.25, 0.3) is 5.75 Å². The molecule has 2 aromatic rings. The Kier molecular flexibility index (Phi) is 6.83. The van der Waals surface area contributed by atoms with Gasteiger partial charge in [0, 0.05) is 6.92 Å². The first kappa shape index (κ1) is 19.6. The van der Waals surface area contributed by atoms with Crippen molar-refractivity contribution in [3.63, 3.8) is 0 Å². The Morgan fingerprint density at radius 3 is 2.65 bits per heavy atom. The Balaban J connectivity index is 2.48. The maximum Gasteiger partial charge on any atom is 0.383 e. The van der Waals surface area contributed by atoms with Crippen molar-refractivity contribution in [3.05, 3.63) is 40.8 Å². The minimum atomic E-state index is -0.787. The van der Waals surface area contributed by atoms with E-state index in [1.54, 1.807) is 18.2 Å². The van der Waals surface area contributed by atoms with Crippen LogP contribution in [0.5, 0.6) is 17.2 Å². The van der Waals surface area contributed by atoms with Gasteiger partial charge in [0.15, 0.2) is 17.1 Å². The molecule has 1 aromatic heterocycles. The zero-order valence-electron chi connectivity index (χ0n) is 15.5. The van der Waals surface area contributed by atoms with Crippen LogP contribution in [0.25, 0.3) is 11.0 Å². The van der Waals surface area contributed by atoms with E-state index in [-0.39, 0.29) is 23.2 Å². The highest BCUT2D eigenvalue weighted by atomic mass is 16.6. The fraction of sp³-hybridized carbons (Fsp3) is 0.400. The van der Waals surface area contributed by atoms with Crippen LogP contribution in [-0.2, 0) is 4.79 Å². The van der Waals surface area contributed by atoms with E-state index in [0.29, 0.717) is 17.7 Å². The number of allylic oxidation sites excluding steroid dienone is 1. The van der Waals surface area contributed by atoms with E-state index in [1.165, 1.54) is 6.92 Å². The van der Waals surface area contributed by atoms with Crippen LogP contribution in [0.15, 0.2) is 39.6 Å². The molecule has 0 aliphatic carbocycles. The normalized spacial score (nSPS) is 11.3. The largest absolute Gasteiger partial charge is 0.489 e. The van der Waals surface area contributed by atoms with Gasteiger partial charge in [-0.2, -0.15) is 0 Å². The molecule has 0 saturated heterocycles. The third-order valence-electron chi connectivity index (χ3n) is 3.35. The molecule has 0 atom stereocenters. The van der Waals surface area contributed by atoms with E-state index in [2.05, 4.69) is 13.0 Å². The zero-order valence-corrected chi connectivity index (χ0v) is 15.5. The summed E-state index contributed by atoms with van der Waals surface area (Å²) in [4.78, 5) is 23.7. The maximum absolute atomic E-state index is 12.3. The lowest BCUT2D eigenvalue weighted by molar-refractivity contribution is -0.132. The van der Waals surface area contributed by atoms with Gasteiger partial charge >= 0.3 is 11.6 Å². The summed E-state index contributed by atoms with van der Waals surface area (Å²) in [7, 11) is 0. The number of hydrogen-bond donors (Lipinski definition) is 0. The molecule has 0 bridgehead atoms. The monoisotopic (exact) mass is 360 g/mol. The number of fused-ring (bicyclic) bond motifs is 1. The minimum absolute atomic E-state index is 0.178. The second kappa shape index (κ2) is 9.08. The van der Waals surface area contributed by atoms with Gasteiger partial charge in [0.1, 0.15) is 0 Å². The molecule has 0 unspecified atom stereocenters. The van der Waals surface area contributed by atoms with E-state index in [1.807, 2.05) is 19.9 Å². The van der Waals surface area contributed by atoms with E-state index in [9.17, 15) is 9.59 Å². The molecule has 0 aliphatic heterocycles. The first-order valence-electron chi connectivity index (χ1n) is 8.66. The van der Waals surface area contributed by atoms with Gasteiger partial charge in [-0.3, -0.25) is 4.79 Å². The molecule has 0 fully saturated rings. The number of esters is 1. The Bertz CT molecular complexity index is 847. The van der Waals surface area contributed by atoms with Crippen molar-refractivity contribution in [2.45, 2.75) is 46.6 Å². The average Bonchev–Trinajstić information content (AvgIpc) is 2.57. The minimum Gasteiger partial charge on any atom is -0.489 e. The predicted octanol–water partition coefficient (Wildman–Crippen LogP) is 4.24. The number of carbonyl (C=O) groups is 1. The third kappa shape index (κ3) is 4.88. The van der Waals surface area contributed by atoms with E-state index in [4.69, 9.17) is 18.6 Å². The second-order valence-corrected chi connectivity index (χ2v) is 5.96. The Morgan fingerprint density at radius 1 is 1.23 bits per heavy atom. The molecule has 140 valence electrons. The van der Waals surface area contributed by atoms with Crippen LogP contribution in [0.4, 0.5) is 0 Å². The Hall–Kier alpha value is -2.76. The molecule has 0 spiro atoms. The van der Waals surface area contributed by atoms with Gasteiger partial charge in [0.05, 0.1) is 18.1 Å². The number of carbonyl (C=O) groups excluding carboxylic acids is 1. The van der Waals surface area contributed by atoms with E-state index < -0.39 is 11.6 Å². The summed E-state index contributed by atoms with van der Waals surface area (Å²) in [6.07, 6.45) is 5.59. The maximum atomic E-state index is 12.3. The van der Waals surface area contributed by atoms with Crippen LogP contribution in [0.3, 0.4) is 0 Å². The van der Waals surface area contributed by atoms with Crippen LogP contribution >= 0.6 is 0 Å². The van der Waals surface area contributed by atoms with Gasteiger partial charge in [-0.05, 0) is 38.8 Å². The number of benzene rings is 1. The fourth-order valence-corrected chi connectivity index (χ4v) is 2.37. The Morgan fingerprint density at radius 2 is 2.00 bits per heavy atom. The van der Waals surface area contributed by atoms with Crippen molar-refractivity contribution in [3.8, 4) is 17.2 Å². The standard InChI is InChI=1S/C20H24O6/c1-5-6-7-8-12-23-16-11-9-10-15-17(16)26-20(22)19(25-14(4)21)18(15)24-13(2)3/h6-7,9-11,13H,5,8,12H2,1-4H3/b7-6+. The highest BCUT2D eigenvalue weighted by Crippen LogP contribution is 2.37. The van der Waals surface area contributed by atoms with Gasteiger partial charge < -0.3 is 18.6 Å². The quantitative estimate of drug-likeness (QED) is 0.303. The zero-order chi connectivity index (χ0) is 19.1. The highest BCUT2D eigenvalue weighted by molar-refractivity contribution is 5.90. The molecule has 6 nitrogen and oxygen atoms in total. The van der Waals surface area contributed by atoms with Crippen molar-refractivity contribution >= 4 is 16.9 Å². The fourth-order valence-electron chi connectivity index (χ4n) is 2.37. The summed E-state index contributed by atoms with van der Waals surface area (Å²) in [5, 5.41) is 0.510. The number of ether oxygens (including phenoxy) is 3. The average molecular weight is 360 g/mol. The molecular weight excluding hydrogens is 336 g/mol. The lowest BCUT2D eigenvalue weighted by Gasteiger charge is -2.16. The second-order valence-electron chi connectivity index (χ2n) is 5.96. The third-order valence-corrected chi connectivity index (χ3v) is 3.35. The molecule has 0 N–H and O–H groups in total. The molecule has 0 radical (unpaired) electrons. The summed E-state index contributed by atoms with van der Waals surface area (Å²) in [5.41, 5.74) is -0.520. The van der Waals surface area contributed by atoms with E-state index >= 15 is 0 Å². The molecule has 0 aliphatic rings. The SMILES string of the molecule is CC/C=C/CCOc1cccc2c(OC(C)C)c(OC(C)=O)c(=O)oc12.